The average molecular weight is 677 g/mol. The Labute approximate surface area is 306 Å². The minimum Gasteiger partial charge on any atom is -0.456 e. The fourth-order valence-corrected chi connectivity index (χ4v) is 8.32. The van der Waals surface area contributed by atoms with Crippen LogP contribution < -0.4 is 4.90 Å². The van der Waals surface area contributed by atoms with Gasteiger partial charge in [-0.15, -0.1) is 0 Å². The van der Waals surface area contributed by atoms with Crippen LogP contribution in [-0.4, -0.2) is 4.57 Å². The molecule has 11 rings (SSSR count). The molecule has 0 aliphatic rings. The molecule has 3 heteroatoms. The Bertz CT molecular complexity index is 3170. The van der Waals surface area contributed by atoms with Gasteiger partial charge in [-0.25, -0.2) is 0 Å². The highest BCUT2D eigenvalue weighted by Gasteiger charge is 2.19. The van der Waals surface area contributed by atoms with E-state index in [1.165, 1.54) is 48.9 Å². The van der Waals surface area contributed by atoms with Crippen molar-refractivity contribution in [3.05, 3.63) is 194 Å². The molecule has 0 amide bonds. The van der Waals surface area contributed by atoms with Crippen LogP contribution in [0.4, 0.5) is 17.1 Å². The summed E-state index contributed by atoms with van der Waals surface area (Å²) in [5.41, 5.74) is 11.0. The normalized spacial score (nSPS) is 11.8. The number of anilines is 3. The summed E-state index contributed by atoms with van der Waals surface area (Å²) in [6.07, 6.45) is 0. The topological polar surface area (TPSA) is 21.3 Å². The Kier molecular flexibility index (Phi) is 6.55. The molecule has 0 unspecified atom stereocenters. The second kappa shape index (κ2) is 11.7. The van der Waals surface area contributed by atoms with Crippen LogP contribution in [0.5, 0.6) is 0 Å². The van der Waals surface area contributed by atoms with E-state index in [1.54, 1.807) is 0 Å². The SMILES string of the molecule is c1ccc(N(c2ccc3ccccc3c2)c2cccc3c2ccc2oc4ccc(-c5ccc6c(c5)c5ccccc5n6-c5ccccc5)cc4c23)cc1. The standard InChI is InChI=1S/C50H32N2O/c1-3-14-37(15-4-1)51(39-25-22-33-12-7-8-13-34(33)30-39)45-21-11-19-42-41(45)26-29-49-50(42)44-32-36(24-28-48(44)53-49)35-23-27-47-43(31-35)40-18-9-10-20-46(40)52(47)38-16-5-2-6-17-38/h1-32H. The van der Waals surface area contributed by atoms with Crippen LogP contribution in [0.15, 0.2) is 199 Å². The van der Waals surface area contributed by atoms with Crippen LogP contribution in [0.1, 0.15) is 0 Å². The number of furan rings is 1. The van der Waals surface area contributed by atoms with Crippen molar-refractivity contribution in [2.45, 2.75) is 0 Å². The van der Waals surface area contributed by atoms with Gasteiger partial charge in [-0.3, -0.25) is 0 Å². The number of hydrogen-bond acceptors (Lipinski definition) is 2. The quantitative estimate of drug-likeness (QED) is 0.181. The molecule has 2 aromatic heterocycles. The van der Waals surface area contributed by atoms with Crippen molar-refractivity contribution < 1.29 is 4.42 Å². The Morgan fingerprint density at radius 2 is 1.06 bits per heavy atom. The third-order valence-electron chi connectivity index (χ3n) is 10.7. The van der Waals surface area contributed by atoms with Crippen molar-refractivity contribution in [3.8, 4) is 16.8 Å². The first-order valence-corrected chi connectivity index (χ1v) is 18.1. The molecule has 0 atom stereocenters. The molecular formula is C50H32N2O. The van der Waals surface area contributed by atoms with Gasteiger partial charge in [0, 0.05) is 44.0 Å². The number of hydrogen-bond donors (Lipinski definition) is 0. The fourth-order valence-electron chi connectivity index (χ4n) is 8.32. The minimum atomic E-state index is 0.887. The maximum atomic E-state index is 6.53. The van der Waals surface area contributed by atoms with Gasteiger partial charge in [0.1, 0.15) is 11.2 Å². The van der Waals surface area contributed by atoms with Crippen molar-refractivity contribution in [1.29, 1.82) is 0 Å². The van der Waals surface area contributed by atoms with E-state index in [0.29, 0.717) is 0 Å². The van der Waals surface area contributed by atoms with Crippen LogP contribution in [0, 0.1) is 0 Å². The smallest absolute Gasteiger partial charge is 0.136 e. The molecule has 0 fully saturated rings. The number of para-hydroxylation sites is 3. The maximum Gasteiger partial charge on any atom is 0.136 e. The molecule has 3 nitrogen and oxygen atoms in total. The molecule has 0 saturated heterocycles. The second-order valence-corrected chi connectivity index (χ2v) is 13.7. The summed E-state index contributed by atoms with van der Waals surface area (Å²) in [5.74, 6) is 0. The Balaban J connectivity index is 1.10. The molecule has 0 aliphatic carbocycles. The van der Waals surface area contributed by atoms with E-state index >= 15 is 0 Å². The van der Waals surface area contributed by atoms with Gasteiger partial charge >= 0.3 is 0 Å². The van der Waals surface area contributed by atoms with Gasteiger partial charge < -0.3 is 13.9 Å². The van der Waals surface area contributed by atoms with Gasteiger partial charge in [0.15, 0.2) is 0 Å². The molecule has 0 spiro atoms. The molecule has 53 heavy (non-hydrogen) atoms. The first-order chi connectivity index (χ1) is 26.3. The number of fused-ring (bicyclic) bond motifs is 9. The molecule has 0 bridgehead atoms. The molecule has 248 valence electrons. The van der Waals surface area contributed by atoms with Crippen LogP contribution in [0.3, 0.4) is 0 Å². The molecular weight excluding hydrogens is 645 g/mol. The molecule has 2 heterocycles. The zero-order valence-corrected chi connectivity index (χ0v) is 28.8. The summed E-state index contributed by atoms with van der Waals surface area (Å²) in [7, 11) is 0. The van der Waals surface area contributed by atoms with Crippen molar-refractivity contribution in [3.63, 3.8) is 0 Å². The lowest BCUT2D eigenvalue weighted by atomic mass is 9.98. The van der Waals surface area contributed by atoms with Gasteiger partial charge in [-0.2, -0.15) is 0 Å². The average Bonchev–Trinajstić information content (AvgIpc) is 3.77. The van der Waals surface area contributed by atoms with Gasteiger partial charge in [-0.1, -0.05) is 109 Å². The highest BCUT2D eigenvalue weighted by Crippen LogP contribution is 2.44. The summed E-state index contributed by atoms with van der Waals surface area (Å²) in [4.78, 5) is 2.37. The lowest BCUT2D eigenvalue weighted by Crippen LogP contribution is -2.10. The summed E-state index contributed by atoms with van der Waals surface area (Å²) < 4.78 is 8.90. The monoisotopic (exact) mass is 676 g/mol. The Hall–Kier alpha value is -7.10. The molecule has 0 N–H and O–H groups in total. The van der Waals surface area contributed by atoms with Gasteiger partial charge in [0.05, 0.1) is 16.7 Å². The lowest BCUT2D eigenvalue weighted by molar-refractivity contribution is 0.669. The van der Waals surface area contributed by atoms with E-state index in [4.69, 9.17) is 4.42 Å². The predicted octanol–water partition coefficient (Wildman–Crippen LogP) is 14.1. The zero-order valence-electron chi connectivity index (χ0n) is 28.8. The zero-order chi connectivity index (χ0) is 34.9. The van der Waals surface area contributed by atoms with Gasteiger partial charge in [0.25, 0.3) is 0 Å². The van der Waals surface area contributed by atoms with Gasteiger partial charge in [-0.05, 0) is 112 Å². The Morgan fingerprint density at radius 1 is 0.377 bits per heavy atom. The third-order valence-corrected chi connectivity index (χ3v) is 10.7. The molecule has 0 radical (unpaired) electrons. The highest BCUT2D eigenvalue weighted by atomic mass is 16.3. The van der Waals surface area contributed by atoms with E-state index < -0.39 is 0 Å². The number of aromatic nitrogens is 1. The molecule has 11 aromatic rings. The van der Waals surface area contributed by atoms with E-state index in [9.17, 15) is 0 Å². The summed E-state index contributed by atoms with van der Waals surface area (Å²) in [5, 5.41) is 9.51. The minimum absolute atomic E-state index is 0.887. The molecule has 9 aromatic carbocycles. The number of nitrogens with zero attached hydrogens (tertiary/aromatic N) is 2. The Morgan fingerprint density at radius 3 is 1.92 bits per heavy atom. The first-order valence-electron chi connectivity index (χ1n) is 18.1. The van der Waals surface area contributed by atoms with Crippen LogP contribution in [0.25, 0.3) is 82.1 Å². The lowest BCUT2D eigenvalue weighted by Gasteiger charge is -2.27. The summed E-state index contributed by atoms with van der Waals surface area (Å²) in [6, 6.07) is 69.7. The van der Waals surface area contributed by atoms with Crippen molar-refractivity contribution in [2.75, 3.05) is 4.90 Å². The predicted molar refractivity (Wildman–Crippen MR) is 223 cm³/mol. The van der Waals surface area contributed by atoms with E-state index in [-0.39, 0.29) is 0 Å². The summed E-state index contributed by atoms with van der Waals surface area (Å²) >= 11 is 0. The summed E-state index contributed by atoms with van der Waals surface area (Å²) in [6.45, 7) is 0. The van der Waals surface area contributed by atoms with Crippen LogP contribution in [0.2, 0.25) is 0 Å². The highest BCUT2D eigenvalue weighted by molar-refractivity contribution is 6.22. The second-order valence-electron chi connectivity index (χ2n) is 13.7. The van der Waals surface area contributed by atoms with Gasteiger partial charge in [0.2, 0.25) is 0 Å². The molecule has 0 aliphatic heterocycles. The van der Waals surface area contributed by atoms with Crippen molar-refractivity contribution >= 4 is 82.4 Å². The van der Waals surface area contributed by atoms with E-state index in [0.717, 1.165) is 50.3 Å². The maximum absolute atomic E-state index is 6.53. The fraction of sp³-hybridized carbons (Fsp3) is 0. The first kappa shape index (κ1) is 29.6. The third kappa shape index (κ3) is 4.68. The van der Waals surface area contributed by atoms with Crippen molar-refractivity contribution in [1.82, 2.24) is 4.57 Å². The van der Waals surface area contributed by atoms with E-state index in [2.05, 4.69) is 204 Å². The largest absolute Gasteiger partial charge is 0.456 e. The number of benzene rings is 9. The van der Waals surface area contributed by atoms with Crippen molar-refractivity contribution in [2.24, 2.45) is 0 Å². The number of rotatable bonds is 5. The molecule has 0 saturated carbocycles. The van der Waals surface area contributed by atoms with Crippen LogP contribution >= 0.6 is 0 Å². The van der Waals surface area contributed by atoms with Crippen LogP contribution in [-0.2, 0) is 0 Å². The van der Waals surface area contributed by atoms with E-state index in [1.807, 2.05) is 0 Å².